The number of nitrogens with zero attached hydrogens (tertiary/aromatic N) is 2. The fourth-order valence-corrected chi connectivity index (χ4v) is 1.83. The topological polar surface area (TPSA) is 86.9 Å². The van der Waals surface area contributed by atoms with Crippen molar-refractivity contribution in [2.45, 2.75) is 39.3 Å². The highest BCUT2D eigenvalue weighted by Gasteiger charge is 2.24. The van der Waals surface area contributed by atoms with E-state index in [9.17, 15) is 4.79 Å². The normalized spacial score (nSPS) is 15.1. The van der Waals surface area contributed by atoms with Gasteiger partial charge in [0.2, 0.25) is 5.91 Å². The van der Waals surface area contributed by atoms with Crippen LogP contribution in [0.4, 0.5) is 0 Å². The van der Waals surface area contributed by atoms with Crippen LogP contribution in [0.25, 0.3) is 0 Å². The number of carbonyl (C=O) groups excluding carboxylic acids is 1. The molecule has 5 nitrogen and oxygen atoms in total. The van der Waals surface area contributed by atoms with E-state index in [4.69, 9.17) is 11.5 Å². The molecule has 0 aliphatic heterocycles. The summed E-state index contributed by atoms with van der Waals surface area (Å²) in [6, 6.07) is -0.488. The fraction of sp³-hybridized carbons (Fsp3) is 0.636. The predicted octanol–water partition coefficient (Wildman–Crippen LogP) is 0.975. The van der Waals surface area contributed by atoms with Gasteiger partial charge in [-0.05, 0) is 12.3 Å². The van der Waals surface area contributed by atoms with Crippen molar-refractivity contribution in [2.24, 2.45) is 17.4 Å². The second-order valence-corrected chi connectivity index (χ2v) is 4.33. The van der Waals surface area contributed by atoms with Crippen molar-refractivity contribution in [3.63, 3.8) is 0 Å². The summed E-state index contributed by atoms with van der Waals surface area (Å²) in [5.74, 6) is -0.230. The van der Waals surface area contributed by atoms with Gasteiger partial charge >= 0.3 is 0 Å². The smallest absolute Gasteiger partial charge is 0.240 e. The van der Waals surface area contributed by atoms with Crippen LogP contribution in [0.5, 0.6) is 0 Å². The number of rotatable bonds is 5. The molecule has 2 atom stereocenters. The molecule has 0 aromatic carbocycles. The second kappa shape index (κ2) is 5.12. The molecular formula is C11H20N4O. The highest BCUT2D eigenvalue weighted by Crippen LogP contribution is 2.23. The van der Waals surface area contributed by atoms with Crippen molar-refractivity contribution in [1.29, 1.82) is 0 Å². The van der Waals surface area contributed by atoms with Crippen LogP contribution in [0.3, 0.4) is 0 Å². The molecule has 0 fully saturated rings. The average molecular weight is 224 g/mol. The van der Waals surface area contributed by atoms with Crippen molar-refractivity contribution in [3.8, 4) is 0 Å². The number of amides is 1. The maximum absolute atomic E-state index is 11.4. The zero-order valence-electron chi connectivity index (χ0n) is 10.1. The zero-order valence-corrected chi connectivity index (χ0v) is 10.1. The Hall–Kier alpha value is -1.36. The molecule has 16 heavy (non-hydrogen) atoms. The summed E-state index contributed by atoms with van der Waals surface area (Å²) in [7, 11) is 0. The van der Waals surface area contributed by atoms with Crippen LogP contribution in [0, 0.1) is 5.92 Å². The zero-order chi connectivity index (χ0) is 12.3. The van der Waals surface area contributed by atoms with E-state index in [1.54, 1.807) is 17.1 Å². The molecule has 1 aromatic heterocycles. The first kappa shape index (κ1) is 12.7. The van der Waals surface area contributed by atoms with Gasteiger partial charge in [0.1, 0.15) is 6.04 Å². The highest BCUT2D eigenvalue weighted by atomic mass is 16.1. The minimum absolute atomic E-state index is 0.108. The maximum Gasteiger partial charge on any atom is 0.240 e. The lowest BCUT2D eigenvalue weighted by Crippen LogP contribution is -2.32. The van der Waals surface area contributed by atoms with Gasteiger partial charge in [-0.15, -0.1) is 0 Å². The monoisotopic (exact) mass is 224 g/mol. The fourth-order valence-electron chi connectivity index (χ4n) is 1.83. The van der Waals surface area contributed by atoms with Crippen LogP contribution in [-0.4, -0.2) is 15.5 Å². The maximum atomic E-state index is 11.4. The molecular weight excluding hydrogens is 204 g/mol. The standard InChI is InChI=1S/C11H20N4O/c1-4-8(12)9-5-14-6-15(9)10(7(2)3)11(13)16/h5-8,10H,4,12H2,1-3H3,(H2,13,16)/t8-,10?/m1/s1. The van der Waals surface area contributed by atoms with Crippen LogP contribution in [0.1, 0.15) is 45.0 Å². The SMILES string of the molecule is CC[C@@H](N)c1cncn1C(C(N)=O)C(C)C. The number of aromatic nitrogens is 2. The van der Waals surface area contributed by atoms with E-state index in [0.29, 0.717) is 0 Å². The van der Waals surface area contributed by atoms with E-state index in [1.165, 1.54) is 0 Å². The number of carbonyl (C=O) groups is 1. The number of nitrogens with two attached hydrogens (primary N) is 2. The van der Waals surface area contributed by atoms with Crippen LogP contribution < -0.4 is 11.5 Å². The third kappa shape index (κ3) is 2.41. The Kier molecular flexibility index (Phi) is 4.06. The summed E-state index contributed by atoms with van der Waals surface area (Å²) in [4.78, 5) is 15.5. The van der Waals surface area contributed by atoms with E-state index in [-0.39, 0.29) is 23.9 Å². The Morgan fingerprint density at radius 1 is 1.56 bits per heavy atom. The highest BCUT2D eigenvalue weighted by molar-refractivity contribution is 5.78. The van der Waals surface area contributed by atoms with Crippen LogP contribution in [0.15, 0.2) is 12.5 Å². The second-order valence-electron chi connectivity index (χ2n) is 4.33. The van der Waals surface area contributed by atoms with Crippen LogP contribution in [0.2, 0.25) is 0 Å². The van der Waals surface area contributed by atoms with Crippen molar-refractivity contribution in [3.05, 3.63) is 18.2 Å². The van der Waals surface area contributed by atoms with E-state index >= 15 is 0 Å². The van der Waals surface area contributed by atoms with E-state index < -0.39 is 0 Å². The number of hydrogen-bond acceptors (Lipinski definition) is 3. The van der Waals surface area contributed by atoms with Gasteiger partial charge < -0.3 is 16.0 Å². The first-order valence-corrected chi connectivity index (χ1v) is 5.55. The van der Waals surface area contributed by atoms with Gasteiger partial charge in [-0.1, -0.05) is 20.8 Å². The van der Waals surface area contributed by atoms with Gasteiger partial charge in [0, 0.05) is 12.2 Å². The Balaban J connectivity index is 3.10. The molecule has 4 N–H and O–H groups in total. The summed E-state index contributed by atoms with van der Waals surface area (Å²) >= 11 is 0. The third-order valence-corrected chi connectivity index (χ3v) is 2.74. The first-order valence-electron chi connectivity index (χ1n) is 5.55. The van der Waals surface area contributed by atoms with Crippen LogP contribution >= 0.6 is 0 Å². The van der Waals surface area contributed by atoms with Crippen molar-refractivity contribution in [1.82, 2.24) is 9.55 Å². The Morgan fingerprint density at radius 3 is 2.62 bits per heavy atom. The molecule has 1 unspecified atom stereocenters. The van der Waals surface area contributed by atoms with Gasteiger partial charge in [-0.2, -0.15) is 0 Å². The first-order chi connectivity index (χ1) is 7.49. The minimum atomic E-state index is -0.380. The lowest BCUT2D eigenvalue weighted by molar-refractivity contribution is -0.122. The molecule has 5 heteroatoms. The molecule has 1 aromatic rings. The summed E-state index contributed by atoms with van der Waals surface area (Å²) < 4.78 is 1.79. The van der Waals surface area contributed by atoms with E-state index in [0.717, 1.165) is 12.1 Å². The molecule has 0 radical (unpaired) electrons. The molecule has 1 rings (SSSR count). The summed E-state index contributed by atoms with van der Waals surface area (Å²) in [5, 5.41) is 0. The molecule has 1 amide bonds. The number of hydrogen-bond donors (Lipinski definition) is 2. The molecule has 0 saturated carbocycles. The average Bonchev–Trinajstić information content (AvgIpc) is 2.64. The predicted molar refractivity (Wildman–Crippen MR) is 62.5 cm³/mol. The van der Waals surface area contributed by atoms with E-state index in [2.05, 4.69) is 4.98 Å². The van der Waals surface area contributed by atoms with Crippen LogP contribution in [-0.2, 0) is 4.79 Å². The van der Waals surface area contributed by atoms with Crippen molar-refractivity contribution >= 4 is 5.91 Å². The molecule has 0 aliphatic carbocycles. The van der Waals surface area contributed by atoms with Gasteiger partial charge in [-0.25, -0.2) is 4.98 Å². The van der Waals surface area contributed by atoms with Gasteiger partial charge in [-0.3, -0.25) is 4.79 Å². The Morgan fingerprint density at radius 2 is 2.19 bits per heavy atom. The molecule has 1 heterocycles. The number of primary amides is 1. The van der Waals surface area contributed by atoms with Crippen molar-refractivity contribution in [2.75, 3.05) is 0 Å². The third-order valence-electron chi connectivity index (χ3n) is 2.74. The Bertz CT molecular complexity index is 359. The molecule has 0 bridgehead atoms. The lowest BCUT2D eigenvalue weighted by atomic mass is 10.0. The Labute approximate surface area is 95.8 Å². The van der Waals surface area contributed by atoms with Gasteiger partial charge in [0.25, 0.3) is 0 Å². The largest absolute Gasteiger partial charge is 0.368 e. The summed E-state index contributed by atoms with van der Waals surface area (Å²) in [5.41, 5.74) is 12.2. The van der Waals surface area contributed by atoms with Gasteiger partial charge in [0.15, 0.2) is 0 Å². The van der Waals surface area contributed by atoms with Crippen molar-refractivity contribution < 1.29 is 4.79 Å². The van der Waals surface area contributed by atoms with Gasteiger partial charge in [0.05, 0.1) is 12.0 Å². The quantitative estimate of drug-likeness (QED) is 0.781. The lowest BCUT2D eigenvalue weighted by Gasteiger charge is -2.23. The molecule has 0 aliphatic rings. The minimum Gasteiger partial charge on any atom is -0.368 e. The van der Waals surface area contributed by atoms with E-state index in [1.807, 2.05) is 20.8 Å². The summed E-state index contributed by atoms with van der Waals surface area (Å²) in [6.45, 7) is 5.91. The molecule has 90 valence electrons. The summed E-state index contributed by atoms with van der Waals surface area (Å²) in [6.07, 6.45) is 4.13. The molecule has 0 spiro atoms. The molecule has 0 saturated heterocycles. The number of imidazole rings is 1.